The van der Waals surface area contributed by atoms with Crippen LogP contribution >= 0.6 is 11.3 Å². The molecule has 0 aliphatic heterocycles. The first-order valence-electron chi connectivity index (χ1n) is 7.26. The van der Waals surface area contributed by atoms with Gasteiger partial charge in [-0.2, -0.15) is 0 Å². The van der Waals surface area contributed by atoms with Crippen LogP contribution in [0.25, 0.3) is 0 Å². The van der Waals surface area contributed by atoms with E-state index in [1.807, 2.05) is 6.20 Å². The van der Waals surface area contributed by atoms with E-state index in [4.69, 9.17) is 0 Å². The van der Waals surface area contributed by atoms with Crippen LogP contribution in [0.5, 0.6) is 0 Å². The Bertz CT molecular complexity index is 403. The third-order valence-electron chi connectivity index (χ3n) is 3.95. The molecule has 1 aliphatic rings. The predicted molar refractivity (Wildman–Crippen MR) is 80.6 cm³/mol. The van der Waals surface area contributed by atoms with E-state index in [1.165, 1.54) is 29.1 Å². The van der Waals surface area contributed by atoms with Crippen molar-refractivity contribution in [2.75, 3.05) is 6.61 Å². The summed E-state index contributed by atoms with van der Waals surface area (Å²) in [6.07, 6.45) is 7.92. The average Bonchev–Trinajstić information content (AvgIpc) is 2.86. The lowest BCUT2D eigenvalue weighted by Crippen LogP contribution is -2.49. The number of nitrogens with zero attached hydrogens (tertiary/aromatic N) is 1. The highest BCUT2D eigenvalue weighted by Gasteiger charge is 2.30. The monoisotopic (exact) mass is 282 g/mol. The summed E-state index contributed by atoms with van der Waals surface area (Å²) in [6.45, 7) is 7.66. The van der Waals surface area contributed by atoms with Crippen molar-refractivity contribution in [3.8, 4) is 0 Å². The highest BCUT2D eigenvalue weighted by molar-refractivity contribution is 7.11. The molecule has 0 saturated heterocycles. The number of aliphatic hydroxyl groups excluding tert-OH is 1. The Kier molecular flexibility index (Phi) is 4.64. The maximum Gasteiger partial charge on any atom is 0.0981 e. The summed E-state index contributed by atoms with van der Waals surface area (Å²) in [5.41, 5.74) is 0.0759. The molecule has 2 rings (SSSR count). The zero-order chi connectivity index (χ0) is 13.9. The molecule has 19 heavy (non-hydrogen) atoms. The largest absolute Gasteiger partial charge is 0.394 e. The van der Waals surface area contributed by atoms with Crippen molar-refractivity contribution in [3.05, 3.63) is 16.1 Å². The minimum atomic E-state index is -0.0515. The minimum Gasteiger partial charge on any atom is -0.394 e. The van der Waals surface area contributed by atoms with Crippen LogP contribution < -0.4 is 5.32 Å². The minimum absolute atomic E-state index is 0.0515. The summed E-state index contributed by atoms with van der Waals surface area (Å²) in [4.78, 5) is 5.78. The van der Waals surface area contributed by atoms with Crippen LogP contribution in [0, 0.1) is 0 Å². The number of aromatic nitrogens is 1. The second kappa shape index (κ2) is 5.90. The van der Waals surface area contributed by atoms with Gasteiger partial charge in [0.1, 0.15) is 0 Å². The molecule has 1 aliphatic carbocycles. The summed E-state index contributed by atoms with van der Waals surface area (Å²) in [7, 11) is 0. The molecule has 3 nitrogen and oxygen atoms in total. The fourth-order valence-electron chi connectivity index (χ4n) is 2.63. The van der Waals surface area contributed by atoms with Gasteiger partial charge in [0.15, 0.2) is 0 Å². The Hall–Kier alpha value is -0.450. The van der Waals surface area contributed by atoms with Gasteiger partial charge in [0.05, 0.1) is 11.6 Å². The van der Waals surface area contributed by atoms with Crippen molar-refractivity contribution >= 4 is 11.3 Å². The first kappa shape index (κ1) is 14.9. The van der Waals surface area contributed by atoms with Gasteiger partial charge in [-0.15, -0.1) is 11.3 Å². The zero-order valence-electron chi connectivity index (χ0n) is 12.3. The number of nitrogens with one attached hydrogen (secondary N) is 1. The quantitative estimate of drug-likeness (QED) is 0.891. The van der Waals surface area contributed by atoms with Crippen LogP contribution in [0.15, 0.2) is 6.20 Å². The van der Waals surface area contributed by atoms with Crippen molar-refractivity contribution < 1.29 is 5.11 Å². The van der Waals surface area contributed by atoms with Crippen molar-refractivity contribution in [2.24, 2.45) is 0 Å². The number of hydrogen-bond donors (Lipinski definition) is 2. The molecule has 1 aromatic rings. The molecule has 0 aromatic carbocycles. The van der Waals surface area contributed by atoms with E-state index >= 15 is 0 Å². The molecule has 0 amide bonds. The molecule has 1 heterocycles. The molecule has 2 N–H and O–H groups in total. The number of hydrogen-bond acceptors (Lipinski definition) is 4. The summed E-state index contributed by atoms with van der Waals surface area (Å²) in [6, 6.07) is 0. The van der Waals surface area contributed by atoms with Gasteiger partial charge < -0.3 is 10.4 Å². The molecule has 0 bridgehead atoms. The normalized spacial score (nSPS) is 19.6. The zero-order valence-corrected chi connectivity index (χ0v) is 13.1. The lowest BCUT2D eigenvalue weighted by molar-refractivity contribution is 0.120. The first-order valence-corrected chi connectivity index (χ1v) is 8.08. The van der Waals surface area contributed by atoms with Crippen molar-refractivity contribution in [1.82, 2.24) is 10.3 Å². The van der Waals surface area contributed by atoms with Crippen molar-refractivity contribution in [1.29, 1.82) is 0 Å². The van der Waals surface area contributed by atoms with Gasteiger partial charge in [-0.3, -0.25) is 0 Å². The van der Waals surface area contributed by atoms with Gasteiger partial charge in [0, 0.05) is 28.6 Å². The van der Waals surface area contributed by atoms with E-state index in [2.05, 4.69) is 31.1 Å². The number of thiazole rings is 1. The standard InChI is InChI=1S/C15H26N2OS/c1-14(2,3)13-16-9-12(19-13)10-17-15(11-18)7-5-4-6-8-15/h9,17-18H,4-8,10-11H2,1-3H3. The third-order valence-corrected chi connectivity index (χ3v) is 5.37. The topological polar surface area (TPSA) is 45.2 Å². The Balaban J connectivity index is 1.96. The van der Waals surface area contributed by atoms with Gasteiger partial charge in [0.25, 0.3) is 0 Å². The SMILES string of the molecule is CC(C)(C)c1ncc(CNC2(CO)CCCCC2)s1. The lowest BCUT2D eigenvalue weighted by Gasteiger charge is -2.36. The van der Waals surface area contributed by atoms with Gasteiger partial charge in [0.2, 0.25) is 0 Å². The van der Waals surface area contributed by atoms with Gasteiger partial charge >= 0.3 is 0 Å². The van der Waals surface area contributed by atoms with Gasteiger partial charge in [-0.05, 0) is 12.8 Å². The molecular weight excluding hydrogens is 256 g/mol. The molecule has 4 heteroatoms. The van der Waals surface area contributed by atoms with Crippen LogP contribution in [0.4, 0.5) is 0 Å². The molecule has 1 saturated carbocycles. The molecular formula is C15H26N2OS. The molecule has 0 unspecified atom stereocenters. The van der Waals surface area contributed by atoms with E-state index in [1.54, 1.807) is 11.3 Å². The summed E-state index contributed by atoms with van der Waals surface area (Å²) in [5.74, 6) is 0. The predicted octanol–water partition coefficient (Wildman–Crippen LogP) is 3.23. The second-order valence-corrected chi connectivity index (χ2v) is 7.85. The Labute approximate surface area is 120 Å². The Morgan fingerprint density at radius 1 is 1.32 bits per heavy atom. The smallest absolute Gasteiger partial charge is 0.0981 e. The summed E-state index contributed by atoms with van der Waals surface area (Å²) < 4.78 is 0. The van der Waals surface area contributed by atoms with Crippen LogP contribution in [-0.2, 0) is 12.0 Å². The first-order chi connectivity index (χ1) is 8.95. The molecule has 1 aromatic heterocycles. The maximum atomic E-state index is 9.68. The highest BCUT2D eigenvalue weighted by atomic mass is 32.1. The van der Waals surface area contributed by atoms with Crippen LogP contribution in [0.1, 0.15) is 62.8 Å². The average molecular weight is 282 g/mol. The number of rotatable bonds is 4. The maximum absolute atomic E-state index is 9.68. The van der Waals surface area contributed by atoms with Gasteiger partial charge in [-0.1, -0.05) is 40.0 Å². The molecule has 0 spiro atoms. The lowest BCUT2D eigenvalue weighted by atomic mass is 9.82. The Morgan fingerprint density at radius 2 is 2.00 bits per heavy atom. The van der Waals surface area contributed by atoms with Gasteiger partial charge in [-0.25, -0.2) is 4.98 Å². The van der Waals surface area contributed by atoms with E-state index in [0.717, 1.165) is 19.4 Å². The molecule has 0 atom stereocenters. The van der Waals surface area contributed by atoms with Crippen LogP contribution in [0.2, 0.25) is 0 Å². The van der Waals surface area contributed by atoms with Crippen LogP contribution in [0.3, 0.4) is 0 Å². The fraction of sp³-hybridized carbons (Fsp3) is 0.800. The van der Waals surface area contributed by atoms with Crippen molar-refractivity contribution in [2.45, 2.75) is 70.4 Å². The fourth-order valence-corrected chi connectivity index (χ4v) is 3.54. The number of aliphatic hydroxyl groups is 1. The van der Waals surface area contributed by atoms with E-state index in [-0.39, 0.29) is 17.6 Å². The van der Waals surface area contributed by atoms with Crippen molar-refractivity contribution in [3.63, 3.8) is 0 Å². The molecule has 108 valence electrons. The molecule has 0 radical (unpaired) electrons. The van der Waals surface area contributed by atoms with E-state index < -0.39 is 0 Å². The third kappa shape index (κ3) is 3.77. The summed E-state index contributed by atoms with van der Waals surface area (Å²) >= 11 is 1.78. The van der Waals surface area contributed by atoms with E-state index in [9.17, 15) is 5.11 Å². The Morgan fingerprint density at radius 3 is 2.53 bits per heavy atom. The second-order valence-electron chi connectivity index (χ2n) is 6.73. The summed E-state index contributed by atoms with van der Waals surface area (Å²) in [5, 5.41) is 14.5. The van der Waals surface area contributed by atoms with E-state index in [0.29, 0.717) is 0 Å². The van der Waals surface area contributed by atoms with Crippen LogP contribution in [-0.4, -0.2) is 22.2 Å². The molecule has 1 fully saturated rings. The highest BCUT2D eigenvalue weighted by Crippen LogP contribution is 2.30.